The molecule has 0 bridgehead atoms. The number of nitriles is 1. The molecule has 1 aromatic heterocycles. The molecule has 0 aliphatic rings. The van der Waals surface area contributed by atoms with Crippen molar-refractivity contribution in [2.75, 3.05) is 31.7 Å². The molecule has 0 saturated carbocycles. The maximum absolute atomic E-state index is 8.63. The monoisotopic (exact) mass is 318 g/mol. The van der Waals surface area contributed by atoms with E-state index in [2.05, 4.69) is 32.0 Å². The van der Waals surface area contributed by atoms with Gasteiger partial charge in [0.25, 0.3) is 0 Å². The van der Waals surface area contributed by atoms with E-state index < -0.39 is 0 Å². The lowest BCUT2D eigenvalue weighted by Gasteiger charge is -2.23. The Morgan fingerprint density at radius 3 is 3.00 bits per heavy atom. The molecule has 0 fully saturated rings. The van der Waals surface area contributed by atoms with E-state index in [-0.39, 0.29) is 5.28 Å². The van der Waals surface area contributed by atoms with Gasteiger partial charge in [-0.3, -0.25) is 0 Å². The second-order valence-corrected chi connectivity index (χ2v) is 4.39. The molecule has 17 heavy (non-hydrogen) atoms. The molecular formula is C10H12BrClN4O. The highest BCUT2D eigenvalue weighted by molar-refractivity contribution is 9.10. The van der Waals surface area contributed by atoms with Gasteiger partial charge < -0.3 is 9.64 Å². The molecule has 92 valence electrons. The largest absolute Gasteiger partial charge is 0.383 e. The van der Waals surface area contributed by atoms with Crippen LogP contribution in [0.4, 0.5) is 5.82 Å². The first-order valence-corrected chi connectivity index (χ1v) is 6.15. The molecule has 0 radical (unpaired) electrons. The van der Waals surface area contributed by atoms with Crippen LogP contribution >= 0.6 is 27.5 Å². The van der Waals surface area contributed by atoms with Crippen LogP contribution in [0, 0.1) is 11.3 Å². The molecule has 1 heterocycles. The zero-order valence-corrected chi connectivity index (χ0v) is 11.7. The third kappa shape index (κ3) is 4.46. The van der Waals surface area contributed by atoms with Crippen molar-refractivity contribution in [3.8, 4) is 6.07 Å². The van der Waals surface area contributed by atoms with Crippen LogP contribution < -0.4 is 4.90 Å². The molecule has 7 heteroatoms. The molecule has 5 nitrogen and oxygen atoms in total. The van der Waals surface area contributed by atoms with E-state index in [1.165, 1.54) is 0 Å². The lowest BCUT2D eigenvalue weighted by Crippen LogP contribution is -2.29. The maximum atomic E-state index is 8.63. The Labute approximate surface area is 113 Å². The summed E-state index contributed by atoms with van der Waals surface area (Å²) in [5.74, 6) is 0.678. The van der Waals surface area contributed by atoms with Crippen molar-refractivity contribution in [2.45, 2.75) is 6.42 Å². The molecule has 0 spiro atoms. The fourth-order valence-electron chi connectivity index (χ4n) is 1.27. The van der Waals surface area contributed by atoms with Crippen molar-refractivity contribution in [1.82, 2.24) is 9.97 Å². The van der Waals surface area contributed by atoms with Crippen LogP contribution in [0.15, 0.2) is 10.7 Å². The van der Waals surface area contributed by atoms with Crippen molar-refractivity contribution in [3.63, 3.8) is 0 Å². The molecule has 0 aromatic carbocycles. The lowest BCUT2D eigenvalue weighted by atomic mass is 10.4. The molecule has 0 aliphatic heterocycles. The number of nitrogens with zero attached hydrogens (tertiary/aromatic N) is 4. The van der Waals surface area contributed by atoms with Crippen molar-refractivity contribution in [2.24, 2.45) is 0 Å². The summed E-state index contributed by atoms with van der Waals surface area (Å²) in [6, 6.07) is 2.10. The predicted molar refractivity (Wildman–Crippen MR) is 69.1 cm³/mol. The van der Waals surface area contributed by atoms with Crippen LogP contribution in [0.2, 0.25) is 5.28 Å². The number of hydrogen-bond donors (Lipinski definition) is 0. The van der Waals surface area contributed by atoms with Crippen LogP contribution in [0.1, 0.15) is 6.42 Å². The number of methoxy groups -OCH3 is 1. The van der Waals surface area contributed by atoms with Crippen molar-refractivity contribution in [1.29, 1.82) is 5.26 Å². The van der Waals surface area contributed by atoms with Gasteiger partial charge in [0.15, 0.2) is 0 Å². The van der Waals surface area contributed by atoms with E-state index in [1.54, 1.807) is 13.3 Å². The highest BCUT2D eigenvalue weighted by Crippen LogP contribution is 2.24. The summed E-state index contributed by atoms with van der Waals surface area (Å²) in [6.07, 6.45) is 2.01. The van der Waals surface area contributed by atoms with Gasteiger partial charge in [-0.1, -0.05) is 0 Å². The molecule has 1 aromatic rings. The smallest absolute Gasteiger partial charge is 0.224 e. The molecule has 0 atom stereocenters. The normalized spacial score (nSPS) is 10.0. The predicted octanol–water partition coefficient (Wildman–Crippen LogP) is 2.26. The van der Waals surface area contributed by atoms with E-state index in [1.807, 2.05) is 4.90 Å². The average molecular weight is 320 g/mol. The fourth-order valence-corrected chi connectivity index (χ4v) is 1.84. The number of hydrogen-bond acceptors (Lipinski definition) is 5. The SMILES string of the molecule is COCCN(CCC#N)c1nc(Cl)ncc1Br. The van der Waals surface area contributed by atoms with Crippen molar-refractivity contribution in [3.05, 3.63) is 16.0 Å². The second-order valence-electron chi connectivity index (χ2n) is 3.20. The Kier molecular flexibility index (Phi) is 6.19. The molecule has 1 rings (SSSR count). The standard InChI is InChI=1S/C10H12BrClN4O/c1-17-6-5-16(4-2-3-13)9-8(11)7-14-10(12)15-9/h7H,2,4-6H2,1H3. The number of ether oxygens (including phenoxy) is 1. The topological polar surface area (TPSA) is 62.0 Å². The number of aromatic nitrogens is 2. The van der Waals surface area contributed by atoms with Gasteiger partial charge in [-0.15, -0.1) is 0 Å². The zero-order chi connectivity index (χ0) is 12.7. The Hall–Kier alpha value is -0.900. The van der Waals surface area contributed by atoms with E-state index in [0.717, 1.165) is 4.47 Å². The maximum Gasteiger partial charge on any atom is 0.224 e. The minimum Gasteiger partial charge on any atom is -0.383 e. The summed E-state index contributed by atoms with van der Waals surface area (Å²) in [5.41, 5.74) is 0. The number of rotatable bonds is 6. The van der Waals surface area contributed by atoms with Gasteiger partial charge in [-0.25, -0.2) is 4.98 Å². The molecule has 0 amide bonds. The Morgan fingerprint density at radius 1 is 1.59 bits per heavy atom. The van der Waals surface area contributed by atoms with Crippen LogP contribution in [0.5, 0.6) is 0 Å². The van der Waals surface area contributed by atoms with Gasteiger partial charge in [0.2, 0.25) is 5.28 Å². The lowest BCUT2D eigenvalue weighted by molar-refractivity contribution is 0.205. The number of halogens is 2. The first-order valence-electron chi connectivity index (χ1n) is 4.98. The van der Waals surface area contributed by atoms with Crippen LogP contribution in [-0.4, -0.2) is 36.8 Å². The minimum absolute atomic E-state index is 0.183. The third-order valence-corrected chi connectivity index (χ3v) is 2.80. The van der Waals surface area contributed by atoms with E-state index in [9.17, 15) is 0 Å². The highest BCUT2D eigenvalue weighted by atomic mass is 79.9. The van der Waals surface area contributed by atoms with Gasteiger partial charge in [0.05, 0.1) is 23.6 Å². The number of anilines is 1. The molecule has 0 unspecified atom stereocenters. The first-order chi connectivity index (χ1) is 8.19. The summed E-state index contributed by atoms with van der Waals surface area (Å²) >= 11 is 9.13. The molecular weight excluding hydrogens is 307 g/mol. The van der Waals surface area contributed by atoms with E-state index >= 15 is 0 Å². The van der Waals surface area contributed by atoms with Gasteiger partial charge >= 0.3 is 0 Å². The summed E-state index contributed by atoms with van der Waals surface area (Å²) in [4.78, 5) is 9.95. The Balaban J connectivity index is 2.86. The van der Waals surface area contributed by atoms with E-state index in [0.29, 0.717) is 31.9 Å². The molecule has 0 N–H and O–H groups in total. The van der Waals surface area contributed by atoms with Crippen LogP contribution in [0.3, 0.4) is 0 Å². The second kappa shape index (κ2) is 7.43. The van der Waals surface area contributed by atoms with Crippen LogP contribution in [0.25, 0.3) is 0 Å². The molecule has 0 saturated heterocycles. The highest BCUT2D eigenvalue weighted by Gasteiger charge is 2.12. The first kappa shape index (κ1) is 14.2. The third-order valence-electron chi connectivity index (χ3n) is 2.05. The van der Waals surface area contributed by atoms with Gasteiger partial charge in [0, 0.05) is 26.4 Å². The summed E-state index contributed by atoms with van der Waals surface area (Å²) in [6.45, 7) is 1.77. The summed E-state index contributed by atoms with van der Waals surface area (Å²) in [5, 5.41) is 8.82. The summed E-state index contributed by atoms with van der Waals surface area (Å²) in [7, 11) is 1.63. The Morgan fingerprint density at radius 2 is 2.35 bits per heavy atom. The van der Waals surface area contributed by atoms with Gasteiger partial charge in [0.1, 0.15) is 5.82 Å². The average Bonchev–Trinajstić information content (AvgIpc) is 2.33. The summed E-state index contributed by atoms with van der Waals surface area (Å²) < 4.78 is 5.77. The van der Waals surface area contributed by atoms with Crippen molar-refractivity contribution < 1.29 is 4.74 Å². The van der Waals surface area contributed by atoms with Gasteiger partial charge in [-0.05, 0) is 27.5 Å². The fraction of sp³-hybridized carbons (Fsp3) is 0.500. The zero-order valence-electron chi connectivity index (χ0n) is 9.36. The molecule has 0 aliphatic carbocycles. The van der Waals surface area contributed by atoms with Crippen LogP contribution in [-0.2, 0) is 4.74 Å². The van der Waals surface area contributed by atoms with Gasteiger partial charge in [-0.2, -0.15) is 10.2 Å². The minimum atomic E-state index is 0.183. The quantitative estimate of drug-likeness (QED) is 0.753. The Bertz CT molecular complexity index is 410. The van der Waals surface area contributed by atoms with Crippen molar-refractivity contribution >= 4 is 33.3 Å². The van der Waals surface area contributed by atoms with E-state index in [4.69, 9.17) is 21.6 Å².